The molecule has 19 heavy (non-hydrogen) atoms. The Labute approximate surface area is 110 Å². The molecule has 0 fully saturated rings. The van der Waals surface area contributed by atoms with Gasteiger partial charge in [0.15, 0.2) is 9.84 Å². The Balaban J connectivity index is 2.44. The van der Waals surface area contributed by atoms with Gasteiger partial charge in [-0.05, 0) is 6.07 Å². The lowest BCUT2D eigenvalue weighted by molar-refractivity contribution is 0.497. The Morgan fingerprint density at radius 2 is 2.11 bits per heavy atom. The third-order valence-corrected chi connectivity index (χ3v) is 3.88. The lowest BCUT2D eigenvalue weighted by Crippen LogP contribution is -2.22. The van der Waals surface area contributed by atoms with Crippen molar-refractivity contribution in [2.75, 3.05) is 12.8 Å². The van der Waals surface area contributed by atoms with E-state index in [4.69, 9.17) is 5.73 Å². The van der Waals surface area contributed by atoms with Crippen LogP contribution in [-0.4, -0.2) is 31.0 Å². The molecular formula is C12H14FN3O2S. The Morgan fingerprint density at radius 1 is 1.42 bits per heavy atom. The summed E-state index contributed by atoms with van der Waals surface area (Å²) in [6.45, 7) is 0.117. The van der Waals surface area contributed by atoms with Crippen molar-refractivity contribution in [3.05, 3.63) is 48.0 Å². The summed E-state index contributed by atoms with van der Waals surface area (Å²) < 4.78 is 37.9. The molecule has 0 bridgehead atoms. The van der Waals surface area contributed by atoms with Crippen LogP contribution in [0.2, 0.25) is 0 Å². The van der Waals surface area contributed by atoms with Gasteiger partial charge in [0.1, 0.15) is 10.7 Å². The first-order chi connectivity index (χ1) is 8.93. The highest BCUT2D eigenvalue weighted by molar-refractivity contribution is 7.90. The first-order valence-corrected chi connectivity index (χ1v) is 7.51. The monoisotopic (exact) mass is 283 g/mol. The zero-order valence-corrected chi connectivity index (χ0v) is 11.1. The lowest BCUT2D eigenvalue weighted by atomic mass is 10.1. The highest BCUT2D eigenvalue weighted by Gasteiger charge is 2.19. The second kappa shape index (κ2) is 5.10. The van der Waals surface area contributed by atoms with E-state index in [9.17, 15) is 12.8 Å². The number of hydrogen-bond donors (Lipinski definition) is 1. The van der Waals surface area contributed by atoms with Crippen LogP contribution in [0.1, 0.15) is 11.6 Å². The van der Waals surface area contributed by atoms with Crippen molar-refractivity contribution in [1.82, 2.24) is 9.78 Å². The molecule has 7 heteroatoms. The molecule has 0 saturated carbocycles. The summed E-state index contributed by atoms with van der Waals surface area (Å²) in [4.78, 5) is 0.0855. The van der Waals surface area contributed by atoms with E-state index in [1.54, 1.807) is 18.2 Å². The number of hydrogen-bond acceptors (Lipinski definition) is 4. The molecule has 0 spiro atoms. The smallest absolute Gasteiger partial charge is 0.178 e. The lowest BCUT2D eigenvalue weighted by Gasteiger charge is -2.16. The second-order valence-corrected chi connectivity index (χ2v) is 6.22. The zero-order chi connectivity index (χ0) is 14.0. The molecule has 0 aliphatic rings. The molecular weight excluding hydrogens is 269 g/mol. The molecule has 0 aliphatic carbocycles. The molecule has 0 amide bonds. The SMILES string of the molecule is CS(=O)(=O)c1cnn(C(CN)c2ccccc2F)c1. The third kappa shape index (κ3) is 2.82. The van der Waals surface area contributed by atoms with Gasteiger partial charge in [-0.1, -0.05) is 18.2 Å². The van der Waals surface area contributed by atoms with Crippen molar-refractivity contribution < 1.29 is 12.8 Å². The fraction of sp³-hybridized carbons (Fsp3) is 0.250. The molecule has 1 heterocycles. The first kappa shape index (κ1) is 13.7. The fourth-order valence-electron chi connectivity index (χ4n) is 1.81. The van der Waals surface area contributed by atoms with E-state index in [0.717, 1.165) is 6.26 Å². The van der Waals surface area contributed by atoms with Crippen LogP contribution in [0.5, 0.6) is 0 Å². The number of aromatic nitrogens is 2. The summed E-state index contributed by atoms with van der Waals surface area (Å²) in [7, 11) is -3.33. The molecule has 5 nitrogen and oxygen atoms in total. The zero-order valence-electron chi connectivity index (χ0n) is 10.3. The van der Waals surface area contributed by atoms with E-state index in [2.05, 4.69) is 5.10 Å². The van der Waals surface area contributed by atoms with Crippen LogP contribution >= 0.6 is 0 Å². The topological polar surface area (TPSA) is 78.0 Å². The minimum absolute atomic E-state index is 0.0855. The van der Waals surface area contributed by atoms with Gasteiger partial charge < -0.3 is 5.73 Å². The third-order valence-electron chi connectivity index (χ3n) is 2.81. The van der Waals surface area contributed by atoms with Crippen LogP contribution in [0.3, 0.4) is 0 Å². The number of nitrogens with zero attached hydrogens (tertiary/aromatic N) is 2. The van der Waals surface area contributed by atoms with E-state index in [0.29, 0.717) is 5.56 Å². The van der Waals surface area contributed by atoms with E-state index >= 15 is 0 Å². The van der Waals surface area contributed by atoms with Gasteiger partial charge in [0, 0.05) is 24.6 Å². The fourth-order valence-corrected chi connectivity index (χ4v) is 2.34. The number of nitrogens with two attached hydrogens (primary N) is 1. The minimum Gasteiger partial charge on any atom is -0.328 e. The van der Waals surface area contributed by atoms with Crippen LogP contribution in [-0.2, 0) is 9.84 Å². The summed E-state index contributed by atoms with van der Waals surface area (Å²) in [6.07, 6.45) is 3.69. The maximum Gasteiger partial charge on any atom is 0.178 e. The average molecular weight is 283 g/mol. The summed E-state index contributed by atoms with van der Waals surface area (Å²) in [6, 6.07) is 5.68. The van der Waals surface area contributed by atoms with Crippen LogP contribution in [0.4, 0.5) is 4.39 Å². The molecule has 0 saturated heterocycles. The average Bonchev–Trinajstić information content (AvgIpc) is 2.82. The standard InChI is InChI=1S/C12H14FN3O2S/c1-19(17,18)9-7-15-16(8-9)12(6-14)10-4-2-3-5-11(10)13/h2-5,7-8,12H,6,14H2,1H3. The molecule has 0 radical (unpaired) electrons. The Hall–Kier alpha value is -1.73. The maximum absolute atomic E-state index is 13.7. The van der Waals surface area contributed by atoms with Gasteiger partial charge in [0.2, 0.25) is 0 Å². The molecule has 2 N–H and O–H groups in total. The Morgan fingerprint density at radius 3 is 2.63 bits per heavy atom. The molecule has 102 valence electrons. The van der Waals surface area contributed by atoms with Gasteiger partial charge in [-0.2, -0.15) is 5.10 Å². The second-order valence-electron chi connectivity index (χ2n) is 4.20. The van der Waals surface area contributed by atoms with Crippen molar-refractivity contribution in [2.24, 2.45) is 5.73 Å². The normalized spacial score (nSPS) is 13.4. The predicted octanol–water partition coefficient (Wildman–Crippen LogP) is 0.974. The number of rotatable bonds is 4. The predicted molar refractivity (Wildman–Crippen MR) is 68.9 cm³/mol. The van der Waals surface area contributed by atoms with E-state index in [1.807, 2.05) is 0 Å². The molecule has 1 atom stereocenters. The Bertz CT molecular complexity index is 682. The highest BCUT2D eigenvalue weighted by atomic mass is 32.2. The quantitative estimate of drug-likeness (QED) is 0.907. The van der Waals surface area contributed by atoms with Crippen LogP contribution < -0.4 is 5.73 Å². The van der Waals surface area contributed by atoms with Crippen molar-refractivity contribution in [3.8, 4) is 0 Å². The summed E-state index contributed by atoms with van der Waals surface area (Å²) in [5, 5.41) is 3.96. The summed E-state index contributed by atoms with van der Waals surface area (Å²) >= 11 is 0. The first-order valence-electron chi connectivity index (χ1n) is 5.62. The Kier molecular flexibility index (Phi) is 3.68. The van der Waals surface area contributed by atoms with Gasteiger partial charge in [-0.25, -0.2) is 12.8 Å². The van der Waals surface area contributed by atoms with Crippen molar-refractivity contribution >= 4 is 9.84 Å². The van der Waals surface area contributed by atoms with Gasteiger partial charge in [-0.3, -0.25) is 4.68 Å². The number of benzene rings is 1. The molecule has 1 unspecified atom stereocenters. The highest BCUT2D eigenvalue weighted by Crippen LogP contribution is 2.21. The van der Waals surface area contributed by atoms with Crippen molar-refractivity contribution in [1.29, 1.82) is 0 Å². The number of sulfone groups is 1. The molecule has 1 aromatic heterocycles. The molecule has 2 aromatic rings. The van der Waals surface area contributed by atoms with Crippen molar-refractivity contribution in [2.45, 2.75) is 10.9 Å². The van der Waals surface area contributed by atoms with Crippen LogP contribution in [0.15, 0.2) is 41.6 Å². The maximum atomic E-state index is 13.7. The number of halogens is 1. The van der Waals surface area contributed by atoms with Crippen LogP contribution in [0.25, 0.3) is 0 Å². The largest absolute Gasteiger partial charge is 0.328 e. The van der Waals surface area contributed by atoms with E-state index < -0.39 is 21.7 Å². The molecule has 2 rings (SSSR count). The van der Waals surface area contributed by atoms with Gasteiger partial charge >= 0.3 is 0 Å². The summed E-state index contributed by atoms with van der Waals surface area (Å²) in [5.74, 6) is -0.394. The molecule has 0 aliphatic heterocycles. The van der Waals surface area contributed by atoms with Gasteiger partial charge in [0.25, 0.3) is 0 Å². The van der Waals surface area contributed by atoms with E-state index in [1.165, 1.54) is 23.1 Å². The van der Waals surface area contributed by atoms with Gasteiger partial charge in [-0.15, -0.1) is 0 Å². The summed E-state index contributed by atoms with van der Waals surface area (Å²) in [5.41, 5.74) is 6.03. The van der Waals surface area contributed by atoms with Gasteiger partial charge in [0.05, 0.1) is 12.2 Å². The minimum atomic E-state index is -3.33. The molecule has 1 aromatic carbocycles. The van der Waals surface area contributed by atoms with Crippen LogP contribution in [0, 0.1) is 5.82 Å². The van der Waals surface area contributed by atoms with E-state index in [-0.39, 0.29) is 11.4 Å². The van der Waals surface area contributed by atoms with Crippen molar-refractivity contribution in [3.63, 3.8) is 0 Å².